The minimum atomic E-state index is 0.241. The highest BCUT2D eigenvalue weighted by atomic mass is 16.5. The zero-order valence-electron chi connectivity index (χ0n) is 11.1. The van der Waals surface area contributed by atoms with Crippen molar-refractivity contribution >= 4 is 11.0 Å². The minimum absolute atomic E-state index is 0.241. The first-order valence-corrected chi connectivity index (χ1v) is 6.72. The molecule has 0 amide bonds. The van der Waals surface area contributed by atoms with Gasteiger partial charge in [0.05, 0.1) is 12.2 Å². The number of ether oxygens (including phenoxy) is 1. The molecule has 0 spiro atoms. The predicted molar refractivity (Wildman–Crippen MR) is 72.4 cm³/mol. The third-order valence-electron chi connectivity index (χ3n) is 3.63. The van der Waals surface area contributed by atoms with E-state index >= 15 is 0 Å². The number of benzene rings is 1. The molecular formula is C15H14N2O3. The van der Waals surface area contributed by atoms with Gasteiger partial charge < -0.3 is 13.7 Å². The van der Waals surface area contributed by atoms with Crippen LogP contribution in [0.15, 0.2) is 33.2 Å². The van der Waals surface area contributed by atoms with Crippen LogP contribution in [-0.2, 0) is 4.74 Å². The summed E-state index contributed by atoms with van der Waals surface area (Å²) in [5.41, 5.74) is 1.64. The summed E-state index contributed by atoms with van der Waals surface area (Å²) in [6.07, 6.45) is 0.947. The fraction of sp³-hybridized carbons (Fsp3) is 0.333. The molecule has 1 saturated heterocycles. The van der Waals surface area contributed by atoms with Crippen molar-refractivity contribution in [1.82, 2.24) is 10.1 Å². The Morgan fingerprint density at radius 1 is 1.30 bits per heavy atom. The number of aryl methyl sites for hydroxylation is 1. The van der Waals surface area contributed by atoms with Crippen LogP contribution in [0.5, 0.6) is 0 Å². The molecule has 0 unspecified atom stereocenters. The van der Waals surface area contributed by atoms with E-state index in [1.54, 1.807) is 0 Å². The van der Waals surface area contributed by atoms with Crippen LogP contribution >= 0.6 is 0 Å². The van der Waals surface area contributed by atoms with Gasteiger partial charge in [-0.15, -0.1) is 0 Å². The molecule has 2 aromatic heterocycles. The summed E-state index contributed by atoms with van der Waals surface area (Å²) in [5, 5.41) is 5.13. The average Bonchev–Trinajstić information content (AvgIpc) is 3.17. The van der Waals surface area contributed by atoms with Crippen molar-refractivity contribution in [3.05, 3.63) is 35.9 Å². The van der Waals surface area contributed by atoms with E-state index in [-0.39, 0.29) is 5.92 Å². The standard InChI is InChI=1S/C15H14N2O3/c1-9-7-10-3-2-4-12(13(10)19-9)15-16-14(17-20-15)11-5-6-18-8-11/h2-4,7,11H,5-6,8H2,1H3/t11-/m1/s1. The second-order valence-electron chi connectivity index (χ2n) is 5.10. The number of para-hydroxylation sites is 1. The maximum atomic E-state index is 5.74. The van der Waals surface area contributed by atoms with Gasteiger partial charge in [0.1, 0.15) is 11.3 Å². The van der Waals surface area contributed by atoms with Gasteiger partial charge in [0.25, 0.3) is 5.89 Å². The van der Waals surface area contributed by atoms with Gasteiger partial charge >= 0.3 is 0 Å². The van der Waals surface area contributed by atoms with Crippen molar-refractivity contribution in [3.63, 3.8) is 0 Å². The topological polar surface area (TPSA) is 61.3 Å². The number of hydrogen-bond donors (Lipinski definition) is 0. The predicted octanol–water partition coefficient (Wildman–Crippen LogP) is 3.30. The lowest BCUT2D eigenvalue weighted by Crippen LogP contribution is -1.99. The number of furan rings is 1. The molecule has 3 heterocycles. The third kappa shape index (κ3) is 1.82. The highest BCUT2D eigenvalue weighted by molar-refractivity contribution is 5.90. The van der Waals surface area contributed by atoms with Gasteiger partial charge in [-0.3, -0.25) is 0 Å². The summed E-state index contributed by atoms with van der Waals surface area (Å²) in [5.74, 6) is 2.34. The Labute approximate surface area is 115 Å². The lowest BCUT2D eigenvalue weighted by atomic mass is 10.1. The van der Waals surface area contributed by atoms with E-state index in [9.17, 15) is 0 Å². The number of rotatable bonds is 2. The number of hydrogen-bond acceptors (Lipinski definition) is 5. The van der Waals surface area contributed by atoms with Gasteiger partial charge in [-0.05, 0) is 25.5 Å². The van der Waals surface area contributed by atoms with Gasteiger partial charge in [-0.25, -0.2) is 0 Å². The summed E-state index contributed by atoms with van der Waals surface area (Å²) in [6.45, 7) is 3.36. The highest BCUT2D eigenvalue weighted by Gasteiger charge is 2.24. The van der Waals surface area contributed by atoms with Gasteiger partial charge in [0.15, 0.2) is 5.82 Å². The monoisotopic (exact) mass is 270 g/mol. The summed E-state index contributed by atoms with van der Waals surface area (Å²) in [7, 11) is 0. The summed E-state index contributed by atoms with van der Waals surface area (Å²) >= 11 is 0. The van der Waals surface area contributed by atoms with Crippen LogP contribution in [0.3, 0.4) is 0 Å². The summed E-state index contributed by atoms with van der Waals surface area (Å²) < 4.78 is 16.5. The number of nitrogens with zero attached hydrogens (tertiary/aromatic N) is 2. The fourth-order valence-corrected chi connectivity index (χ4v) is 2.61. The molecule has 0 bridgehead atoms. The number of aromatic nitrogens is 2. The quantitative estimate of drug-likeness (QED) is 0.715. The van der Waals surface area contributed by atoms with Gasteiger partial charge in [0.2, 0.25) is 0 Å². The first kappa shape index (κ1) is 11.7. The molecule has 20 heavy (non-hydrogen) atoms. The minimum Gasteiger partial charge on any atom is -0.461 e. The Morgan fingerprint density at radius 2 is 2.25 bits per heavy atom. The van der Waals surface area contributed by atoms with E-state index in [1.165, 1.54) is 0 Å². The molecule has 3 aromatic rings. The van der Waals surface area contributed by atoms with E-state index < -0.39 is 0 Å². The van der Waals surface area contributed by atoms with E-state index in [4.69, 9.17) is 13.7 Å². The second kappa shape index (κ2) is 4.45. The Morgan fingerprint density at radius 3 is 3.10 bits per heavy atom. The van der Waals surface area contributed by atoms with E-state index in [2.05, 4.69) is 10.1 Å². The normalized spacial score (nSPS) is 18.9. The van der Waals surface area contributed by atoms with E-state index in [0.29, 0.717) is 12.5 Å². The van der Waals surface area contributed by atoms with Crippen molar-refractivity contribution < 1.29 is 13.7 Å². The molecule has 0 radical (unpaired) electrons. The maximum Gasteiger partial charge on any atom is 0.261 e. The van der Waals surface area contributed by atoms with E-state index in [1.807, 2.05) is 31.2 Å². The van der Waals surface area contributed by atoms with Crippen molar-refractivity contribution in [2.75, 3.05) is 13.2 Å². The molecule has 5 heteroatoms. The van der Waals surface area contributed by atoms with Crippen LogP contribution < -0.4 is 0 Å². The van der Waals surface area contributed by atoms with Crippen LogP contribution in [0.25, 0.3) is 22.4 Å². The first-order chi connectivity index (χ1) is 9.81. The lowest BCUT2D eigenvalue weighted by molar-refractivity contribution is 0.192. The Balaban J connectivity index is 1.79. The lowest BCUT2D eigenvalue weighted by Gasteiger charge is -1.98. The molecule has 1 aliphatic heterocycles. The van der Waals surface area contributed by atoms with Crippen LogP contribution in [0.1, 0.15) is 23.9 Å². The highest BCUT2D eigenvalue weighted by Crippen LogP contribution is 2.31. The van der Waals surface area contributed by atoms with Crippen LogP contribution in [0.2, 0.25) is 0 Å². The van der Waals surface area contributed by atoms with Gasteiger partial charge in [-0.1, -0.05) is 17.3 Å². The number of fused-ring (bicyclic) bond motifs is 1. The summed E-state index contributed by atoms with van der Waals surface area (Å²) in [4.78, 5) is 4.50. The van der Waals surface area contributed by atoms with Crippen molar-refractivity contribution in [3.8, 4) is 11.5 Å². The molecule has 0 aliphatic carbocycles. The molecule has 102 valence electrons. The molecule has 5 nitrogen and oxygen atoms in total. The van der Waals surface area contributed by atoms with E-state index in [0.717, 1.165) is 41.1 Å². The molecular weight excluding hydrogens is 256 g/mol. The third-order valence-corrected chi connectivity index (χ3v) is 3.63. The fourth-order valence-electron chi connectivity index (χ4n) is 2.61. The van der Waals surface area contributed by atoms with Crippen LogP contribution in [0, 0.1) is 6.92 Å². The molecule has 4 rings (SSSR count). The zero-order valence-corrected chi connectivity index (χ0v) is 11.1. The average molecular weight is 270 g/mol. The molecule has 1 fully saturated rings. The van der Waals surface area contributed by atoms with Crippen molar-refractivity contribution in [1.29, 1.82) is 0 Å². The largest absolute Gasteiger partial charge is 0.461 e. The smallest absolute Gasteiger partial charge is 0.261 e. The molecule has 0 saturated carbocycles. The molecule has 1 atom stereocenters. The molecule has 1 aromatic carbocycles. The van der Waals surface area contributed by atoms with Gasteiger partial charge in [-0.2, -0.15) is 4.98 Å². The Hall–Kier alpha value is -2.14. The van der Waals surface area contributed by atoms with Crippen molar-refractivity contribution in [2.45, 2.75) is 19.3 Å². The SMILES string of the molecule is Cc1cc2cccc(-c3nc([C@@H]4CCOC4)no3)c2o1. The Kier molecular flexibility index (Phi) is 2.60. The maximum absolute atomic E-state index is 5.74. The second-order valence-corrected chi connectivity index (χ2v) is 5.10. The Bertz CT molecular complexity index is 753. The first-order valence-electron chi connectivity index (χ1n) is 6.72. The molecule has 1 aliphatic rings. The molecule has 0 N–H and O–H groups in total. The zero-order chi connectivity index (χ0) is 13.5. The summed E-state index contributed by atoms with van der Waals surface area (Å²) in [6, 6.07) is 7.92. The van der Waals surface area contributed by atoms with Crippen LogP contribution in [-0.4, -0.2) is 23.4 Å². The van der Waals surface area contributed by atoms with Gasteiger partial charge in [0, 0.05) is 17.9 Å². The van der Waals surface area contributed by atoms with Crippen molar-refractivity contribution in [2.24, 2.45) is 0 Å². The van der Waals surface area contributed by atoms with Crippen LogP contribution in [0.4, 0.5) is 0 Å².